The van der Waals surface area contributed by atoms with Crippen LogP contribution in [0.1, 0.15) is 37.3 Å². The van der Waals surface area contributed by atoms with Crippen molar-refractivity contribution in [2.75, 3.05) is 47.4 Å². The van der Waals surface area contributed by atoms with Gasteiger partial charge in [0.1, 0.15) is 0 Å². The number of guanidine groups is 1. The molecular formula is C21H36N4O. The largest absolute Gasteiger partial charge is 0.381 e. The molecule has 0 radical (unpaired) electrons. The van der Waals surface area contributed by atoms with Gasteiger partial charge in [-0.15, -0.1) is 0 Å². The van der Waals surface area contributed by atoms with E-state index in [1.807, 2.05) is 7.05 Å². The Bertz CT molecular complexity index is 555. The van der Waals surface area contributed by atoms with Crippen molar-refractivity contribution in [3.8, 4) is 0 Å². The first-order valence-electron chi connectivity index (χ1n) is 9.88. The van der Waals surface area contributed by atoms with Crippen LogP contribution in [-0.4, -0.2) is 63.2 Å². The van der Waals surface area contributed by atoms with Gasteiger partial charge in [0.25, 0.3) is 0 Å². The lowest BCUT2D eigenvalue weighted by atomic mass is 9.96. The zero-order valence-electron chi connectivity index (χ0n) is 17.0. The van der Waals surface area contributed by atoms with Crippen molar-refractivity contribution in [1.82, 2.24) is 15.1 Å². The van der Waals surface area contributed by atoms with E-state index in [-0.39, 0.29) is 0 Å². The zero-order chi connectivity index (χ0) is 18.8. The highest BCUT2D eigenvalue weighted by atomic mass is 16.5. The van der Waals surface area contributed by atoms with Crippen molar-refractivity contribution in [2.45, 2.75) is 39.3 Å². The average Bonchev–Trinajstić information content (AvgIpc) is 2.68. The van der Waals surface area contributed by atoms with E-state index in [0.29, 0.717) is 0 Å². The van der Waals surface area contributed by atoms with Crippen molar-refractivity contribution < 1.29 is 4.74 Å². The third kappa shape index (κ3) is 6.96. The minimum absolute atomic E-state index is 0.788. The van der Waals surface area contributed by atoms with Crippen LogP contribution < -0.4 is 5.32 Å². The monoisotopic (exact) mass is 360 g/mol. The van der Waals surface area contributed by atoms with Gasteiger partial charge in [-0.25, -0.2) is 0 Å². The van der Waals surface area contributed by atoms with Gasteiger partial charge in [-0.3, -0.25) is 4.99 Å². The molecule has 0 aromatic heterocycles. The lowest BCUT2D eigenvalue weighted by Crippen LogP contribution is -2.39. The standard InChI is InChI=1S/C21H36N4O/c1-5-24(3)17-20-8-6-7-19(15-20)16-23-21(22-2)25(4)12-9-18-10-13-26-14-11-18/h6-8,15,18H,5,9-14,16-17H2,1-4H3,(H,22,23). The highest BCUT2D eigenvalue weighted by Crippen LogP contribution is 2.18. The number of hydrogen-bond donors (Lipinski definition) is 1. The highest BCUT2D eigenvalue weighted by Gasteiger charge is 2.15. The second-order valence-electron chi connectivity index (χ2n) is 7.32. The van der Waals surface area contributed by atoms with Gasteiger partial charge in [-0.1, -0.05) is 31.2 Å². The third-order valence-electron chi connectivity index (χ3n) is 5.22. The molecule has 0 bridgehead atoms. The Morgan fingerprint density at radius 3 is 2.65 bits per heavy atom. The first kappa shape index (κ1) is 20.7. The first-order chi connectivity index (χ1) is 12.6. The van der Waals surface area contributed by atoms with Gasteiger partial charge in [0.2, 0.25) is 0 Å². The van der Waals surface area contributed by atoms with Crippen LogP contribution in [0.5, 0.6) is 0 Å². The zero-order valence-corrected chi connectivity index (χ0v) is 17.0. The van der Waals surface area contributed by atoms with Crippen molar-refractivity contribution in [3.63, 3.8) is 0 Å². The number of nitrogens with one attached hydrogen (secondary N) is 1. The summed E-state index contributed by atoms with van der Waals surface area (Å²) in [5.74, 6) is 1.75. The summed E-state index contributed by atoms with van der Waals surface area (Å²) in [7, 11) is 6.14. The van der Waals surface area contributed by atoms with Crippen molar-refractivity contribution in [1.29, 1.82) is 0 Å². The molecule has 0 unspecified atom stereocenters. The van der Waals surface area contributed by atoms with Gasteiger partial charge >= 0.3 is 0 Å². The van der Waals surface area contributed by atoms with E-state index in [1.165, 1.54) is 30.4 Å². The minimum Gasteiger partial charge on any atom is -0.381 e. The number of rotatable bonds is 8. The van der Waals surface area contributed by atoms with Gasteiger partial charge in [-0.2, -0.15) is 0 Å². The summed E-state index contributed by atoms with van der Waals surface area (Å²) >= 11 is 0. The SMILES string of the molecule is CCN(C)Cc1cccc(CNC(=NC)N(C)CCC2CCOCC2)c1. The molecule has 1 aromatic rings. The second kappa shape index (κ2) is 11.2. The van der Waals surface area contributed by atoms with Gasteiger partial charge in [0, 0.05) is 46.9 Å². The summed E-state index contributed by atoms with van der Waals surface area (Å²) in [5.41, 5.74) is 2.66. The van der Waals surface area contributed by atoms with Crippen LogP contribution in [0.3, 0.4) is 0 Å². The molecule has 1 saturated heterocycles. The van der Waals surface area contributed by atoms with Crippen molar-refractivity contribution in [3.05, 3.63) is 35.4 Å². The van der Waals surface area contributed by atoms with E-state index in [9.17, 15) is 0 Å². The summed E-state index contributed by atoms with van der Waals surface area (Å²) in [4.78, 5) is 9.00. The number of benzene rings is 1. The molecule has 146 valence electrons. The van der Waals surface area contributed by atoms with Gasteiger partial charge in [0.15, 0.2) is 5.96 Å². The molecule has 26 heavy (non-hydrogen) atoms. The molecule has 1 aliphatic rings. The van der Waals surface area contributed by atoms with Crippen LogP contribution in [-0.2, 0) is 17.8 Å². The molecule has 5 heteroatoms. The predicted molar refractivity (Wildman–Crippen MR) is 109 cm³/mol. The molecule has 2 rings (SSSR count). The maximum atomic E-state index is 5.45. The predicted octanol–water partition coefficient (Wildman–Crippen LogP) is 2.96. The van der Waals surface area contributed by atoms with Crippen molar-refractivity contribution >= 4 is 5.96 Å². The molecule has 1 aromatic carbocycles. The average molecular weight is 361 g/mol. The molecule has 1 heterocycles. The Morgan fingerprint density at radius 1 is 1.23 bits per heavy atom. The van der Waals surface area contributed by atoms with Crippen LogP contribution in [0.4, 0.5) is 0 Å². The third-order valence-corrected chi connectivity index (χ3v) is 5.22. The molecular weight excluding hydrogens is 324 g/mol. The van der Waals surface area contributed by atoms with Crippen LogP contribution >= 0.6 is 0 Å². The van der Waals surface area contributed by atoms with E-state index >= 15 is 0 Å². The Hall–Kier alpha value is -1.59. The smallest absolute Gasteiger partial charge is 0.193 e. The quantitative estimate of drug-likeness (QED) is 0.572. The molecule has 1 N–H and O–H groups in total. The topological polar surface area (TPSA) is 40.1 Å². The van der Waals surface area contributed by atoms with Gasteiger partial charge < -0.3 is 19.9 Å². The summed E-state index contributed by atoms with van der Waals surface area (Å²) in [6.07, 6.45) is 3.59. The number of hydrogen-bond acceptors (Lipinski definition) is 3. The lowest BCUT2D eigenvalue weighted by Gasteiger charge is -2.27. The van der Waals surface area contributed by atoms with Crippen LogP contribution in [0.15, 0.2) is 29.3 Å². The number of aliphatic imine (C=N–C) groups is 1. The normalized spacial score (nSPS) is 16.1. The molecule has 0 saturated carbocycles. The summed E-state index contributed by atoms with van der Waals surface area (Å²) in [5, 5.41) is 3.51. The van der Waals surface area contributed by atoms with Crippen LogP contribution in [0.2, 0.25) is 0 Å². The van der Waals surface area contributed by atoms with Gasteiger partial charge in [-0.05, 0) is 49.9 Å². The van der Waals surface area contributed by atoms with E-state index in [2.05, 4.69) is 65.4 Å². The molecule has 1 aliphatic heterocycles. The van der Waals surface area contributed by atoms with Crippen LogP contribution in [0, 0.1) is 5.92 Å². The summed E-state index contributed by atoms with van der Waals surface area (Å²) in [6, 6.07) is 8.81. The maximum Gasteiger partial charge on any atom is 0.193 e. The molecule has 0 aliphatic carbocycles. The van der Waals surface area contributed by atoms with E-state index in [1.54, 1.807) is 0 Å². The lowest BCUT2D eigenvalue weighted by molar-refractivity contribution is 0.0625. The number of ether oxygens (including phenoxy) is 1. The molecule has 1 fully saturated rings. The second-order valence-corrected chi connectivity index (χ2v) is 7.32. The fourth-order valence-corrected chi connectivity index (χ4v) is 3.34. The summed E-state index contributed by atoms with van der Waals surface area (Å²) in [6.45, 7) is 7.92. The Labute approximate surface area is 159 Å². The van der Waals surface area contributed by atoms with E-state index in [4.69, 9.17) is 4.74 Å². The van der Waals surface area contributed by atoms with Crippen molar-refractivity contribution in [2.24, 2.45) is 10.9 Å². The molecule has 5 nitrogen and oxygen atoms in total. The Balaban J connectivity index is 1.81. The molecule has 0 amide bonds. The fraction of sp³-hybridized carbons (Fsp3) is 0.667. The minimum atomic E-state index is 0.788. The fourth-order valence-electron chi connectivity index (χ4n) is 3.34. The maximum absolute atomic E-state index is 5.45. The van der Waals surface area contributed by atoms with Crippen LogP contribution in [0.25, 0.3) is 0 Å². The van der Waals surface area contributed by atoms with E-state index < -0.39 is 0 Å². The van der Waals surface area contributed by atoms with Gasteiger partial charge in [0.05, 0.1) is 0 Å². The highest BCUT2D eigenvalue weighted by molar-refractivity contribution is 5.79. The first-order valence-corrected chi connectivity index (χ1v) is 9.88. The Kier molecular flexibility index (Phi) is 8.92. The Morgan fingerprint density at radius 2 is 1.96 bits per heavy atom. The van der Waals surface area contributed by atoms with E-state index in [0.717, 1.165) is 51.3 Å². The summed E-state index contributed by atoms with van der Waals surface area (Å²) < 4.78 is 5.45. The molecule has 0 atom stereocenters. The molecule has 0 spiro atoms. The number of nitrogens with zero attached hydrogens (tertiary/aromatic N) is 3.